The highest BCUT2D eigenvalue weighted by Crippen LogP contribution is 2.42. The maximum Gasteiger partial charge on any atom is 0.412 e. The fourth-order valence-corrected chi connectivity index (χ4v) is 5.46. The molecule has 0 atom stereocenters. The first-order chi connectivity index (χ1) is 17.7. The summed E-state index contributed by atoms with van der Waals surface area (Å²) in [5.41, 5.74) is -0.842. The summed E-state index contributed by atoms with van der Waals surface area (Å²) in [5.74, 6) is -4.50. The smallest absolute Gasteiger partial charge is 0.412 e. The Balaban J connectivity index is 1.73. The van der Waals surface area contributed by atoms with Crippen LogP contribution in [0.1, 0.15) is 26.3 Å². The lowest BCUT2D eigenvalue weighted by atomic mass is 10.2. The second-order valence-corrected chi connectivity index (χ2v) is 11.9. The number of benzene rings is 3. The number of hydrogen-bond donors (Lipinski definition) is 1. The molecule has 0 saturated heterocycles. The van der Waals surface area contributed by atoms with Crippen LogP contribution in [0.2, 0.25) is 0 Å². The molecule has 0 aliphatic heterocycles. The second kappa shape index (κ2) is 9.99. The molecule has 1 heterocycles. The maximum absolute atomic E-state index is 15.3. The number of ether oxygens (including phenoxy) is 2. The Kier molecular flexibility index (Phi) is 7.23. The van der Waals surface area contributed by atoms with Gasteiger partial charge >= 0.3 is 6.09 Å². The maximum atomic E-state index is 15.3. The molecule has 38 heavy (non-hydrogen) atoms. The Morgan fingerprint density at radius 3 is 2.29 bits per heavy atom. The number of aromatic nitrogens is 1. The van der Waals surface area contributed by atoms with Gasteiger partial charge in [0.05, 0.1) is 15.1 Å². The lowest BCUT2D eigenvalue weighted by Crippen LogP contribution is -2.27. The van der Waals surface area contributed by atoms with Crippen LogP contribution in [0.15, 0.2) is 64.1 Å². The number of hydrogen-bond acceptors (Lipinski definition) is 5. The number of fused-ring (bicyclic) bond motifs is 1. The number of aryl methyl sites for hydroxylation is 1. The average Bonchev–Trinajstić information content (AvgIpc) is 3.28. The summed E-state index contributed by atoms with van der Waals surface area (Å²) in [6.45, 7) is 6.68. The molecular formula is C26H22BrF3N2O5S. The van der Waals surface area contributed by atoms with Crippen molar-refractivity contribution in [3.8, 4) is 11.5 Å². The van der Waals surface area contributed by atoms with Crippen LogP contribution in [0, 0.1) is 24.4 Å². The van der Waals surface area contributed by atoms with E-state index >= 15 is 8.78 Å². The highest BCUT2D eigenvalue weighted by atomic mass is 79.9. The van der Waals surface area contributed by atoms with Gasteiger partial charge in [0, 0.05) is 17.6 Å². The van der Waals surface area contributed by atoms with E-state index in [1.165, 1.54) is 18.2 Å². The monoisotopic (exact) mass is 610 g/mol. The number of carbonyl (C=O) groups is 1. The Bertz CT molecular complexity index is 1660. The van der Waals surface area contributed by atoms with E-state index in [1.807, 2.05) is 0 Å². The number of amides is 1. The van der Waals surface area contributed by atoms with E-state index < -0.39 is 50.4 Å². The van der Waals surface area contributed by atoms with Gasteiger partial charge in [-0.15, -0.1) is 0 Å². The van der Waals surface area contributed by atoms with Crippen LogP contribution < -0.4 is 10.1 Å². The zero-order chi connectivity index (χ0) is 28.0. The lowest BCUT2D eigenvalue weighted by Gasteiger charge is -2.20. The predicted octanol–water partition coefficient (Wildman–Crippen LogP) is 7.51. The van der Waals surface area contributed by atoms with Crippen LogP contribution in [0.4, 0.5) is 23.7 Å². The molecule has 12 heteroatoms. The molecule has 3 aromatic carbocycles. The highest BCUT2D eigenvalue weighted by molar-refractivity contribution is 9.10. The van der Waals surface area contributed by atoms with Crippen LogP contribution in [-0.4, -0.2) is 24.1 Å². The third-order valence-corrected chi connectivity index (χ3v) is 7.74. The molecule has 0 aliphatic carbocycles. The third-order valence-electron chi connectivity index (χ3n) is 5.26. The van der Waals surface area contributed by atoms with E-state index in [2.05, 4.69) is 21.2 Å². The summed E-state index contributed by atoms with van der Waals surface area (Å²) >= 11 is 3.17. The zero-order valence-electron chi connectivity index (χ0n) is 20.6. The number of anilines is 1. The summed E-state index contributed by atoms with van der Waals surface area (Å²) in [6.07, 6.45) is 0.182. The number of halogens is 4. The largest absolute Gasteiger partial charge is 0.453 e. The Labute approximate surface area is 225 Å². The van der Waals surface area contributed by atoms with Crippen LogP contribution >= 0.6 is 15.9 Å². The SMILES string of the molecule is Cc1ccc(S(=O)(=O)n2ccc3c(Br)c(Oc4ccc(F)c(NC(=O)OC(C)(C)C)c4)c(F)c(F)c32)cc1. The fourth-order valence-electron chi connectivity index (χ4n) is 3.54. The topological polar surface area (TPSA) is 86.6 Å². The van der Waals surface area contributed by atoms with Crippen molar-refractivity contribution in [2.45, 2.75) is 38.2 Å². The number of carbonyl (C=O) groups excluding carboxylic acids is 1. The quantitative estimate of drug-likeness (QED) is 0.236. The molecule has 0 bridgehead atoms. The Morgan fingerprint density at radius 1 is 1.00 bits per heavy atom. The Morgan fingerprint density at radius 2 is 1.66 bits per heavy atom. The van der Waals surface area contributed by atoms with E-state index in [-0.39, 0.29) is 26.2 Å². The predicted molar refractivity (Wildman–Crippen MR) is 140 cm³/mol. The number of nitrogens with one attached hydrogen (secondary N) is 1. The van der Waals surface area contributed by atoms with Crippen LogP contribution in [0.5, 0.6) is 11.5 Å². The molecular weight excluding hydrogens is 589 g/mol. The highest BCUT2D eigenvalue weighted by Gasteiger charge is 2.28. The average molecular weight is 611 g/mol. The van der Waals surface area contributed by atoms with Crippen molar-refractivity contribution in [3.63, 3.8) is 0 Å². The fraction of sp³-hybridized carbons (Fsp3) is 0.192. The molecule has 0 radical (unpaired) electrons. The molecule has 0 aliphatic rings. The lowest BCUT2D eigenvalue weighted by molar-refractivity contribution is 0.0635. The van der Waals surface area contributed by atoms with Crippen molar-refractivity contribution in [2.24, 2.45) is 0 Å². The van der Waals surface area contributed by atoms with E-state index in [0.717, 1.165) is 30.0 Å². The summed E-state index contributed by atoms with van der Waals surface area (Å²) < 4.78 is 82.4. The Hall–Kier alpha value is -3.51. The molecule has 1 N–H and O–H groups in total. The first-order valence-corrected chi connectivity index (χ1v) is 13.4. The summed E-state index contributed by atoms with van der Waals surface area (Å²) in [7, 11) is -4.25. The molecule has 4 rings (SSSR count). The molecule has 4 aromatic rings. The molecule has 0 spiro atoms. The van der Waals surface area contributed by atoms with Crippen molar-refractivity contribution in [3.05, 3.63) is 82.2 Å². The molecule has 1 amide bonds. The van der Waals surface area contributed by atoms with Gasteiger partial charge in [0.15, 0.2) is 11.6 Å². The van der Waals surface area contributed by atoms with E-state index in [4.69, 9.17) is 9.47 Å². The zero-order valence-corrected chi connectivity index (χ0v) is 23.0. The summed E-state index contributed by atoms with van der Waals surface area (Å²) in [4.78, 5) is 11.9. The minimum atomic E-state index is -4.25. The minimum Gasteiger partial charge on any atom is -0.453 e. The second-order valence-electron chi connectivity index (χ2n) is 9.33. The normalized spacial score (nSPS) is 12.0. The van der Waals surface area contributed by atoms with Gasteiger partial charge in [0.25, 0.3) is 10.0 Å². The number of rotatable bonds is 5. The molecule has 7 nitrogen and oxygen atoms in total. The van der Waals surface area contributed by atoms with Gasteiger partial charge in [-0.2, -0.15) is 4.39 Å². The first-order valence-electron chi connectivity index (χ1n) is 11.2. The molecule has 1 aromatic heterocycles. The van der Waals surface area contributed by atoms with E-state index in [1.54, 1.807) is 39.8 Å². The number of nitrogens with zero attached hydrogens (tertiary/aromatic N) is 1. The van der Waals surface area contributed by atoms with E-state index in [0.29, 0.717) is 3.97 Å². The van der Waals surface area contributed by atoms with E-state index in [9.17, 15) is 17.6 Å². The molecule has 0 saturated carbocycles. The minimum absolute atomic E-state index is 0.0174. The van der Waals surface area contributed by atoms with Crippen LogP contribution in [0.25, 0.3) is 10.9 Å². The molecule has 0 unspecified atom stereocenters. The molecule has 0 fully saturated rings. The van der Waals surface area contributed by atoms with Gasteiger partial charge in [-0.25, -0.2) is 26.0 Å². The van der Waals surface area contributed by atoms with Crippen molar-refractivity contribution in [2.75, 3.05) is 5.32 Å². The van der Waals surface area contributed by atoms with Gasteiger partial charge in [0.1, 0.15) is 22.7 Å². The molecule has 200 valence electrons. The van der Waals surface area contributed by atoms with Crippen LogP contribution in [0.3, 0.4) is 0 Å². The van der Waals surface area contributed by atoms with Crippen molar-refractivity contribution in [1.29, 1.82) is 0 Å². The summed E-state index contributed by atoms with van der Waals surface area (Å²) in [6, 6.07) is 10.4. The summed E-state index contributed by atoms with van der Waals surface area (Å²) in [5, 5.41) is 2.25. The first kappa shape index (κ1) is 27.5. The van der Waals surface area contributed by atoms with Gasteiger partial charge in [-0.3, -0.25) is 5.32 Å². The van der Waals surface area contributed by atoms with Crippen molar-refractivity contribution >= 4 is 48.6 Å². The van der Waals surface area contributed by atoms with Crippen molar-refractivity contribution < 1.29 is 35.9 Å². The van der Waals surface area contributed by atoms with Gasteiger partial charge in [0.2, 0.25) is 5.82 Å². The van der Waals surface area contributed by atoms with Crippen LogP contribution in [-0.2, 0) is 14.8 Å². The van der Waals surface area contributed by atoms with Crippen molar-refractivity contribution in [1.82, 2.24) is 3.97 Å². The van der Waals surface area contributed by atoms with Gasteiger partial charge in [-0.1, -0.05) is 17.7 Å². The van der Waals surface area contributed by atoms with Gasteiger partial charge in [-0.05, 0) is 74.0 Å². The standard InChI is InChI=1S/C26H22BrF3N2O5S/c1-14-5-8-16(9-6-14)38(34,35)32-12-11-17-20(27)24(22(30)21(29)23(17)32)36-15-7-10-18(28)19(13-15)31-25(33)37-26(2,3)4/h5-13H,1-4H3,(H,31,33). The van der Waals surface area contributed by atoms with Gasteiger partial charge < -0.3 is 9.47 Å². The third kappa shape index (κ3) is 5.37.